The Morgan fingerprint density at radius 2 is 2.56 bits per heavy atom. The topological polar surface area (TPSA) is 9.23 Å². The van der Waals surface area contributed by atoms with Crippen LogP contribution in [0.3, 0.4) is 0 Å². The van der Waals surface area contributed by atoms with Gasteiger partial charge in [0, 0.05) is 11.9 Å². The summed E-state index contributed by atoms with van der Waals surface area (Å²) >= 11 is 3.51. The molecule has 1 aliphatic carbocycles. The Balaban J connectivity index is 1.97. The van der Waals surface area contributed by atoms with Crippen molar-refractivity contribution >= 4 is 15.9 Å². The Labute approximate surface area is 63.9 Å². The van der Waals surface area contributed by atoms with Crippen LogP contribution in [0, 0.1) is 11.3 Å². The van der Waals surface area contributed by atoms with Gasteiger partial charge in [-0.3, -0.25) is 0 Å². The highest BCUT2D eigenvalue weighted by Crippen LogP contribution is 2.58. The summed E-state index contributed by atoms with van der Waals surface area (Å²) in [5.74, 6) is 0.931. The molecule has 0 aromatic heterocycles. The van der Waals surface area contributed by atoms with E-state index < -0.39 is 0 Å². The minimum Gasteiger partial charge on any atom is -0.381 e. The predicted molar refractivity (Wildman–Crippen MR) is 39.8 cm³/mol. The molecule has 1 saturated carbocycles. The van der Waals surface area contributed by atoms with Crippen LogP contribution in [0.1, 0.15) is 12.8 Å². The van der Waals surface area contributed by atoms with Gasteiger partial charge in [-0.25, -0.2) is 0 Å². The molecule has 1 aliphatic heterocycles. The summed E-state index contributed by atoms with van der Waals surface area (Å²) in [6, 6.07) is 0. The maximum absolute atomic E-state index is 5.33. The van der Waals surface area contributed by atoms with Gasteiger partial charge in [0.25, 0.3) is 0 Å². The van der Waals surface area contributed by atoms with E-state index in [4.69, 9.17) is 4.74 Å². The third kappa shape index (κ3) is 0.838. The van der Waals surface area contributed by atoms with Crippen LogP contribution in [0.25, 0.3) is 0 Å². The fraction of sp³-hybridized carbons (Fsp3) is 1.00. The molecule has 2 rings (SSSR count). The van der Waals surface area contributed by atoms with Gasteiger partial charge in [-0.15, -0.1) is 0 Å². The Morgan fingerprint density at radius 3 is 3.00 bits per heavy atom. The molecule has 1 spiro atoms. The van der Waals surface area contributed by atoms with E-state index in [1.165, 1.54) is 18.2 Å². The summed E-state index contributed by atoms with van der Waals surface area (Å²) in [5.41, 5.74) is 0.642. The van der Waals surface area contributed by atoms with Gasteiger partial charge in [0.2, 0.25) is 0 Å². The van der Waals surface area contributed by atoms with Gasteiger partial charge >= 0.3 is 0 Å². The van der Waals surface area contributed by atoms with Crippen LogP contribution in [-0.4, -0.2) is 18.5 Å². The summed E-state index contributed by atoms with van der Waals surface area (Å²) in [7, 11) is 0. The largest absolute Gasteiger partial charge is 0.381 e. The normalized spacial score (nSPS) is 48.3. The highest BCUT2D eigenvalue weighted by atomic mass is 79.9. The Morgan fingerprint density at radius 1 is 1.67 bits per heavy atom. The molecule has 9 heavy (non-hydrogen) atoms. The highest BCUT2D eigenvalue weighted by Gasteiger charge is 2.55. The van der Waals surface area contributed by atoms with Gasteiger partial charge in [-0.2, -0.15) is 0 Å². The van der Waals surface area contributed by atoms with Crippen molar-refractivity contribution < 1.29 is 4.74 Å². The Bertz CT molecular complexity index is 118. The summed E-state index contributed by atoms with van der Waals surface area (Å²) in [4.78, 5) is 0. The number of rotatable bonds is 1. The van der Waals surface area contributed by atoms with Gasteiger partial charge in [0.05, 0.1) is 6.61 Å². The number of alkyl halides is 1. The minimum absolute atomic E-state index is 0.642. The van der Waals surface area contributed by atoms with Gasteiger partial charge in [-0.1, -0.05) is 15.9 Å². The fourth-order valence-electron chi connectivity index (χ4n) is 1.76. The molecule has 2 heteroatoms. The second kappa shape index (κ2) is 1.96. The molecule has 2 fully saturated rings. The molecule has 0 bridgehead atoms. The van der Waals surface area contributed by atoms with E-state index in [0.717, 1.165) is 19.1 Å². The molecular weight excluding hydrogens is 180 g/mol. The third-order valence-electron chi connectivity index (χ3n) is 2.68. The SMILES string of the molecule is BrC[C@@H]1C[C@@]12CCOC2. The molecule has 2 atom stereocenters. The van der Waals surface area contributed by atoms with Crippen molar-refractivity contribution in [1.82, 2.24) is 0 Å². The lowest BCUT2D eigenvalue weighted by Crippen LogP contribution is -2.02. The molecule has 2 aliphatic rings. The van der Waals surface area contributed by atoms with E-state index in [9.17, 15) is 0 Å². The first-order valence-corrected chi connectivity index (χ1v) is 4.63. The lowest BCUT2D eigenvalue weighted by atomic mass is 10.0. The standard InChI is InChI=1S/C7H11BrO/c8-4-6-3-7(6)1-2-9-5-7/h6H,1-5H2/t6-,7+/m0/s1. The molecule has 0 radical (unpaired) electrons. The first kappa shape index (κ1) is 6.17. The van der Waals surface area contributed by atoms with E-state index in [1.54, 1.807) is 0 Å². The van der Waals surface area contributed by atoms with Gasteiger partial charge in [0.1, 0.15) is 0 Å². The third-order valence-corrected chi connectivity index (χ3v) is 3.46. The van der Waals surface area contributed by atoms with Crippen LogP contribution in [0.15, 0.2) is 0 Å². The average Bonchev–Trinajstić information content (AvgIpc) is 2.30. The Kier molecular flexibility index (Phi) is 1.34. The number of hydrogen-bond donors (Lipinski definition) is 0. The van der Waals surface area contributed by atoms with Crippen LogP contribution < -0.4 is 0 Å². The first-order chi connectivity index (χ1) is 4.37. The lowest BCUT2D eigenvalue weighted by molar-refractivity contribution is 0.179. The van der Waals surface area contributed by atoms with E-state index in [1.807, 2.05) is 0 Å². The van der Waals surface area contributed by atoms with Crippen LogP contribution >= 0.6 is 15.9 Å². The van der Waals surface area contributed by atoms with Gasteiger partial charge in [-0.05, 0) is 24.2 Å². The van der Waals surface area contributed by atoms with E-state index >= 15 is 0 Å². The zero-order chi connectivity index (χ0) is 6.32. The predicted octanol–water partition coefficient (Wildman–Crippen LogP) is 1.81. The summed E-state index contributed by atoms with van der Waals surface area (Å²) < 4.78 is 5.33. The molecule has 0 aromatic rings. The fourth-order valence-corrected chi connectivity index (χ4v) is 2.67. The number of halogens is 1. The Hall–Kier alpha value is 0.440. The van der Waals surface area contributed by atoms with Crippen molar-refractivity contribution in [3.63, 3.8) is 0 Å². The molecule has 0 aromatic carbocycles. The molecule has 1 nitrogen and oxygen atoms in total. The van der Waals surface area contributed by atoms with Crippen molar-refractivity contribution in [2.75, 3.05) is 18.5 Å². The van der Waals surface area contributed by atoms with E-state index in [-0.39, 0.29) is 0 Å². The highest BCUT2D eigenvalue weighted by molar-refractivity contribution is 9.09. The van der Waals surface area contributed by atoms with Crippen molar-refractivity contribution in [2.45, 2.75) is 12.8 Å². The summed E-state index contributed by atoms with van der Waals surface area (Å²) in [6.07, 6.45) is 2.71. The molecular formula is C7H11BrO. The zero-order valence-corrected chi connectivity index (χ0v) is 6.99. The number of hydrogen-bond acceptors (Lipinski definition) is 1. The van der Waals surface area contributed by atoms with Crippen molar-refractivity contribution in [1.29, 1.82) is 0 Å². The molecule has 0 amide bonds. The average molecular weight is 191 g/mol. The molecule has 0 N–H and O–H groups in total. The molecule has 1 heterocycles. The van der Waals surface area contributed by atoms with E-state index in [0.29, 0.717) is 5.41 Å². The van der Waals surface area contributed by atoms with Crippen LogP contribution in [0.5, 0.6) is 0 Å². The quantitative estimate of drug-likeness (QED) is 0.574. The van der Waals surface area contributed by atoms with Gasteiger partial charge in [0.15, 0.2) is 0 Å². The van der Waals surface area contributed by atoms with Crippen LogP contribution in [0.4, 0.5) is 0 Å². The maximum Gasteiger partial charge on any atom is 0.0526 e. The molecule has 1 saturated heterocycles. The smallest absolute Gasteiger partial charge is 0.0526 e. The second-order valence-corrected chi connectivity index (χ2v) is 3.87. The monoisotopic (exact) mass is 190 g/mol. The minimum atomic E-state index is 0.642. The first-order valence-electron chi connectivity index (χ1n) is 3.51. The lowest BCUT2D eigenvalue weighted by Gasteiger charge is -2.01. The summed E-state index contributed by atoms with van der Waals surface area (Å²) in [5, 5.41) is 1.18. The van der Waals surface area contributed by atoms with Crippen molar-refractivity contribution in [3.05, 3.63) is 0 Å². The van der Waals surface area contributed by atoms with Crippen LogP contribution in [-0.2, 0) is 4.74 Å². The van der Waals surface area contributed by atoms with E-state index in [2.05, 4.69) is 15.9 Å². The van der Waals surface area contributed by atoms with Crippen molar-refractivity contribution in [3.8, 4) is 0 Å². The molecule has 0 unspecified atom stereocenters. The summed E-state index contributed by atoms with van der Waals surface area (Å²) in [6.45, 7) is 2.03. The second-order valence-electron chi connectivity index (χ2n) is 3.22. The molecule has 52 valence electrons. The maximum atomic E-state index is 5.33. The van der Waals surface area contributed by atoms with Crippen molar-refractivity contribution in [2.24, 2.45) is 11.3 Å². The number of ether oxygens (including phenoxy) is 1. The van der Waals surface area contributed by atoms with Gasteiger partial charge < -0.3 is 4.74 Å². The zero-order valence-electron chi connectivity index (χ0n) is 5.40. The van der Waals surface area contributed by atoms with Crippen LogP contribution in [0.2, 0.25) is 0 Å².